The maximum absolute atomic E-state index is 12.3. The number of nitrogens with one attached hydrogen (secondary N) is 1. The summed E-state index contributed by atoms with van der Waals surface area (Å²) in [6, 6.07) is 7.54. The number of ether oxygens (including phenoxy) is 1. The molecule has 5 nitrogen and oxygen atoms in total. The molecule has 1 aliphatic carbocycles. The van der Waals surface area contributed by atoms with Crippen LogP contribution in [0.4, 0.5) is 5.69 Å². The van der Waals surface area contributed by atoms with E-state index in [2.05, 4.69) is 10.3 Å². The molecule has 0 saturated heterocycles. The summed E-state index contributed by atoms with van der Waals surface area (Å²) in [6.45, 7) is 4.30. The molecule has 1 fully saturated rings. The minimum atomic E-state index is -0.0516. The lowest BCUT2D eigenvalue weighted by Gasteiger charge is -2.23. The number of pyridine rings is 1. The van der Waals surface area contributed by atoms with Crippen LogP contribution in [0, 0.1) is 12.8 Å². The van der Waals surface area contributed by atoms with Crippen molar-refractivity contribution in [1.29, 1.82) is 0 Å². The number of carbonyl (C=O) groups is 1. The van der Waals surface area contributed by atoms with E-state index in [9.17, 15) is 4.79 Å². The molecule has 3 rings (SSSR count). The van der Waals surface area contributed by atoms with Crippen molar-refractivity contribution in [2.45, 2.75) is 52.0 Å². The van der Waals surface area contributed by atoms with Gasteiger partial charge in [-0.1, -0.05) is 25.3 Å². The largest absolute Gasteiger partial charge is 0.491 e. The zero-order valence-corrected chi connectivity index (χ0v) is 15.0. The monoisotopic (exact) mass is 341 g/mol. The van der Waals surface area contributed by atoms with Crippen LogP contribution < -0.4 is 15.8 Å². The Labute approximate surface area is 149 Å². The first-order valence-corrected chi connectivity index (χ1v) is 9.13. The maximum Gasteiger partial charge on any atom is 0.223 e. The maximum atomic E-state index is 12.3. The SMILES string of the molecule is Cc1cc(N)c2c(OCC(C)NC(=O)C3CCCCC3)cccc2n1. The Morgan fingerprint density at radius 1 is 1.36 bits per heavy atom. The summed E-state index contributed by atoms with van der Waals surface area (Å²) in [4.78, 5) is 16.8. The van der Waals surface area contributed by atoms with E-state index in [1.54, 1.807) is 0 Å². The van der Waals surface area contributed by atoms with E-state index < -0.39 is 0 Å². The number of nitrogens with two attached hydrogens (primary N) is 1. The van der Waals surface area contributed by atoms with Crippen LogP contribution in [0.5, 0.6) is 5.75 Å². The molecule has 1 aromatic heterocycles. The average molecular weight is 341 g/mol. The van der Waals surface area contributed by atoms with Crippen molar-refractivity contribution >= 4 is 22.5 Å². The van der Waals surface area contributed by atoms with Gasteiger partial charge in [0.25, 0.3) is 0 Å². The van der Waals surface area contributed by atoms with Crippen molar-refractivity contribution in [2.24, 2.45) is 5.92 Å². The first-order chi connectivity index (χ1) is 12.0. The van der Waals surface area contributed by atoms with Gasteiger partial charge < -0.3 is 15.8 Å². The number of fused-ring (bicyclic) bond motifs is 1. The predicted octanol–water partition coefficient (Wildman–Crippen LogP) is 3.59. The summed E-state index contributed by atoms with van der Waals surface area (Å²) in [5, 5.41) is 3.91. The molecule has 0 bridgehead atoms. The van der Waals surface area contributed by atoms with Crippen LogP contribution in [0.15, 0.2) is 24.3 Å². The molecule has 1 unspecified atom stereocenters. The van der Waals surface area contributed by atoms with Crippen LogP contribution in [-0.4, -0.2) is 23.5 Å². The highest BCUT2D eigenvalue weighted by Gasteiger charge is 2.22. The van der Waals surface area contributed by atoms with Crippen LogP contribution in [0.3, 0.4) is 0 Å². The number of hydrogen-bond acceptors (Lipinski definition) is 4. The van der Waals surface area contributed by atoms with Crippen LogP contribution in [0.25, 0.3) is 10.9 Å². The minimum absolute atomic E-state index is 0.0516. The van der Waals surface area contributed by atoms with E-state index in [-0.39, 0.29) is 17.9 Å². The van der Waals surface area contributed by atoms with Crippen molar-refractivity contribution in [1.82, 2.24) is 10.3 Å². The first-order valence-electron chi connectivity index (χ1n) is 9.13. The molecule has 1 saturated carbocycles. The summed E-state index contributed by atoms with van der Waals surface area (Å²) in [7, 11) is 0. The Morgan fingerprint density at radius 2 is 2.12 bits per heavy atom. The van der Waals surface area contributed by atoms with E-state index in [4.69, 9.17) is 10.5 Å². The van der Waals surface area contributed by atoms with Crippen molar-refractivity contribution in [3.05, 3.63) is 30.0 Å². The van der Waals surface area contributed by atoms with Gasteiger partial charge in [-0.3, -0.25) is 9.78 Å². The molecular weight excluding hydrogens is 314 g/mol. The molecule has 25 heavy (non-hydrogen) atoms. The molecule has 134 valence electrons. The van der Waals surface area contributed by atoms with Gasteiger partial charge in [0.2, 0.25) is 5.91 Å². The molecule has 1 aromatic carbocycles. The lowest BCUT2D eigenvalue weighted by Crippen LogP contribution is -2.40. The molecular formula is C20H27N3O2. The average Bonchev–Trinajstić information content (AvgIpc) is 2.60. The van der Waals surface area contributed by atoms with Gasteiger partial charge in [0.1, 0.15) is 12.4 Å². The van der Waals surface area contributed by atoms with Gasteiger partial charge in [-0.25, -0.2) is 0 Å². The third-order valence-corrected chi connectivity index (χ3v) is 4.81. The van der Waals surface area contributed by atoms with Crippen molar-refractivity contribution in [3.63, 3.8) is 0 Å². The van der Waals surface area contributed by atoms with Crippen LogP contribution in [-0.2, 0) is 4.79 Å². The number of amides is 1. The summed E-state index contributed by atoms with van der Waals surface area (Å²) < 4.78 is 5.96. The van der Waals surface area contributed by atoms with Gasteiger partial charge in [0.15, 0.2) is 0 Å². The zero-order chi connectivity index (χ0) is 17.8. The summed E-state index contributed by atoms with van der Waals surface area (Å²) in [6.07, 6.45) is 5.57. The minimum Gasteiger partial charge on any atom is -0.491 e. The Morgan fingerprint density at radius 3 is 2.88 bits per heavy atom. The molecule has 0 spiro atoms. The molecule has 1 atom stereocenters. The predicted molar refractivity (Wildman–Crippen MR) is 101 cm³/mol. The first kappa shape index (κ1) is 17.5. The number of anilines is 1. The summed E-state index contributed by atoms with van der Waals surface area (Å²) in [5.74, 6) is 1.03. The summed E-state index contributed by atoms with van der Waals surface area (Å²) in [5.41, 5.74) is 8.53. The Hall–Kier alpha value is -2.30. The highest BCUT2D eigenvalue weighted by atomic mass is 16.5. The fraction of sp³-hybridized carbons (Fsp3) is 0.500. The number of hydrogen-bond donors (Lipinski definition) is 2. The highest BCUT2D eigenvalue weighted by Crippen LogP contribution is 2.30. The normalized spacial score (nSPS) is 16.6. The third kappa shape index (κ3) is 4.21. The Balaban J connectivity index is 1.63. The Kier molecular flexibility index (Phi) is 5.41. The smallest absolute Gasteiger partial charge is 0.223 e. The number of nitrogens with zero attached hydrogens (tertiary/aromatic N) is 1. The quantitative estimate of drug-likeness (QED) is 0.871. The van der Waals surface area contributed by atoms with Gasteiger partial charge in [0, 0.05) is 17.3 Å². The second-order valence-electron chi connectivity index (χ2n) is 7.06. The second-order valence-corrected chi connectivity index (χ2v) is 7.06. The molecule has 2 aromatic rings. The van der Waals surface area contributed by atoms with Crippen molar-refractivity contribution in [2.75, 3.05) is 12.3 Å². The third-order valence-electron chi connectivity index (χ3n) is 4.81. The van der Waals surface area contributed by atoms with Gasteiger partial charge >= 0.3 is 0 Å². The number of rotatable bonds is 5. The number of nitrogen functional groups attached to an aromatic ring is 1. The zero-order valence-electron chi connectivity index (χ0n) is 15.0. The number of benzene rings is 1. The standard InChI is InChI=1S/C20H27N3O2/c1-13-11-16(21)19-17(22-13)9-6-10-18(19)25-12-14(2)23-20(24)15-7-4-3-5-8-15/h6,9-11,14-15H,3-5,7-8,12H2,1-2H3,(H2,21,22)(H,23,24). The molecule has 5 heteroatoms. The van der Waals surface area contributed by atoms with Crippen molar-refractivity contribution < 1.29 is 9.53 Å². The molecule has 1 heterocycles. The number of aromatic nitrogens is 1. The topological polar surface area (TPSA) is 77.2 Å². The second kappa shape index (κ2) is 7.72. The van der Waals surface area contributed by atoms with E-state index >= 15 is 0 Å². The molecule has 1 aliphatic rings. The summed E-state index contributed by atoms with van der Waals surface area (Å²) >= 11 is 0. The van der Waals surface area contributed by atoms with Crippen LogP contribution in [0.1, 0.15) is 44.7 Å². The van der Waals surface area contributed by atoms with E-state index in [1.165, 1.54) is 6.42 Å². The Bertz CT molecular complexity index is 754. The molecule has 1 amide bonds. The fourth-order valence-electron chi connectivity index (χ4n) is 3.52. The van der Waals surface area contributed by atoms with Gasteiger partial charge in [-0.2, -0.15) is 0 Å². The van der Waals surface area contributed by atoms with Crippen molar-refractivity contribution in [3.8, 4) is 5.75 Å². The van der Waals surface area contributed by atoms with Gasteiger partial charge in [-0.15, -0.1) is 0 Å². The molecule has 3 N–H and O–H groups in total. The van der Waals surface area contributed by atoms with E-state index in [0.29, 0.717) is 18.0 Å². The van der Waals surface area contributed by atoms with Gasteiger partial charge in [-0.05, 0) is 44.9 Å². The molecule has 0 radical (unpaired) electrons. The molecule has 0 aliphatic heterocycles. The van der Waals surface area contributed by atoms with E-state index in [0.717, 1.165) is 42.3 Å². The lowest BCUT2D eigenvalue weighted by molar-refractivity contribution is -0.126. The lowest BCUT2D eigenvalue weighted by atomic mass is 9.88. The fourth-order valence-corrected chi connectivity index (χ4v) is 3.52. The van der Waals surface area contributed by atoms with Crippen LogP contribution >= 0.6 is 0 Å². The van der Waals surface area contributed by atoms with E-state index in [1.807, 2.05) is 38.1 Å². The number of carbonyl (C=O) groups excluding carboxylic acids is 1. The van der Waals surface area contributed by atoms with Gasteiger partial charge in [0.05, 0.1) is 16.9 Å². The van der Waals surface area contributed by atoms with Crippen LogP contribution in [0.2, 0.25) is 0 Å². The highest BCUT2D eigenvalue weighted by molar-refractivity contribution is 5.95. The number of aryl methyl sites for hydroxylation is 1.